The van der Waals surface area contributed by atoms with E-state index in [1.165, 1.54) is 5.56 Å². The lowest BCUT2D eigenvalue weighted by atomic mass is 10.1. The first-order chi connectivity index (χ1) is 17.8. The molecule has 1 saturated carbocycles. The second-order valence-corrected chi connectivity index (χ2v) is 9.93. The van der Waals surface area contributed by atoms with Crippen LogP contribution in [-0.4, -0.2) is 55.1 Å². The van der Waals surface area contributed by atoms with Crippen LogP contribution >= 0.6 is 0 Å². The molecule has 4 aromatic rings. The van der Waals surface area contributed by atoms with Gasteiger partial charge in [0.05, 0.1) is 40.7 Å². The van der Waals surface area contributed by atoms with Crippen LogP contribution < -0.4 is 10.6 Å². The summed E-state index contributed by atoms with van der Waals surface area (Å²) in [4.78, 5) is 14.4. The molecule has 8 nitrogen and oxygen atoms in total. The van der Waals surface area contributed by atoms with Gasteiger partial charge in [-0.2, -0.15) is 4.98 Å². The number of rotatable bonds is 7. The largest absolute Gasteiger partial charge is 0.396 e. The summed E-state index contributed by atoms with van der Waals surface area (Å²) in [6, 6.07) is 19.7. The van der Waals surface area contributed by atoms with Crippen LogP contribution in [-0.2, 0) is 0 Å². The summed E-state index contributed by atoms with van der Waals surface area (Å²) in [7, 11) is 0. The number of aryl methyl sites for hydroxylation is 2. The van der Waals surface area contributed by atoms with E-state index in [1.54, 1.807) is 0 Å². The molecule has 0 aliphatic heterocycles. The third-order valence-electron chi connectivity index (χ3n) is 7.23. The van der Waals surface area contributed by atoms with E-state index in [1.807, 2.05) is 43.3 Å². The molecule has 2 aromatic carbocycles. The van der Waals surface area contributed by atoms with Crippen LogP contribution in [0, 0.1) is 19.8 Å². The van der Waals surface area contributed by atoms with Gasteiger partial charge >= 0.3 is 0 Å². The molecule has 2 heterocycles. The Morgan fingerprint density at radius 1 is 0.919 bits per heavy atom. The maximum atomic E-state index is 10.7. The van der Waals surface area contributed by atoms with E-state index in [0.717, 1.165) is 27.7 Å². The molecule has 2 aromatic heterocycles. The Hall–Kier alpha value is -3.59. The number of pyridine rings is 1. The SMILES string of the molecule is Cc1ccc([C@@H](C)Nc2nc(C)c(-c3ccc4ccccc4n3)c(N[C@@H]3C[C@H](CO)[C@@H](O)[C@H]3O)n2)cc1. The Morgan fingerprint density at radius 3 is 2.41 bits per heavy atom. The van der Waals surface area contributed by atoms with Crippen molar-refractivity contribution in [1.29, 1.82) is 0 Å². The van der Waals surface area contributed by atoms with Gasteiger partial charge in [-0.1, -0.05) is 54.1 Å². The Bertz CT molecular complexity index is 1390. The summed E-state index contributed by atoms with van der Waals surface area (Å²) in [6.45, 7) is 5.83. The number of aromatic nitrogens is 3. The minimum atomic E-state index is -1.03. The highest BCUT2D eigenvalue weighted by Crippen LogP contribution is 2.35. The highest BCUT2D eigenvalue weighted by atomic mass is 16.3. The quantitative estimate of drug-likeness (QED) is 0.259. The van der Waals surface area contributed by atoms with Crippen molar-refractivity contribution < 1.29 is 15.3 Å². The number of nitrogens with one attached hydrogen (secondary N) is 2. The lowest BCUT2D eigenvalue weighted by Gasteiger charge is -2.22. The number of fused-ring (bicyclic) bond motifs is 1. The Kier molecular flexibility index (Phi) is 7.06. The smallest absolute Gasteiger partial charge is 0.225 e. The number of aliphatic hydroxyl groups is 3. The molecule has 0 saturated heterocycles. The zero-order valence-electron chi connectivity index (χ0n) is 21.3. The maximum absolute atomic E-state index is 10.7. The number of para-hydroxylation sites is 1. The highest BCUT2D eigenvalue weighted by Gasteiger charge is 2.41. The van der Waals surface area contributed by atoms with E-state index >= 15 is 0 Å². The number of aliphatic hydroxyl groups excluding tert-OH is 3. The standard InChI is InChI=1S/C29H33N5O3/c1-16-8-10-19(11-9-16)17(2)30-29-31-18(3)25(23-13-12-20-6-4-5-7-22(20)32-23)28(34-29)33-24-14-21(15-35)26(36)27(24)37/h4-13,17,21,24,26-27,35-37H,14-15H2,1-3H3,(H2,30,31,33,34)/t17-,21-,24-,26-,27+/m1/s1. The lowest BCUT2D eigenvalue weighted by molar-refractivity contribution is 0.00446. The zero-order chi connectivity index (χ0) is 26.1. The van der Waals surface area contributed by atoms with Crippen LogP contribution in [0.25, 0.3) is 22.2 Å². The van der Waals surface area contributed by atoms with Gasteiger partial charge in [0.15, 0.2) is 0 Å². The van der Waals surface area contributed by atoms with Gasteiger partial charge in [0.25, 0.3) is 0 Å². The van der Waals surface area contributed by atoms with Crippen LogP contribution in [0.1, 0.15) is 36.2 Å². The van der Waals surface area contributed by atoms with Gasteiger partial charge in [-0.15, -0.1) is 0 Å². The lowest BCUT2D eigenvalue weighted by Crippen LogP contribution is -2.35. The van der Waals surface area contributed by atoms with Gasteiger partial charge in [-0.25, -0.2) is 9.97 Å². The molecule has 0 unspecified atom stereocenters. The van der Waals surface area contributed by atoms with Crippen molar-refractivity contribution in [3.8, 4) is 11.3 Å². The number of benzene rings is 2. The topological polar surface area (TPSA) is 123 Å². The Morgan fingerprint density at radius 2 is 1.68 bits per heavy atom. The average molecular weight is 500 g/mol. The van der Waals surface area contributed by atoms with Gasteiger partial charge in [0, 0.05) is 17.9 Å². The summed E-state index contributed by atoms with van der Waals surface area (Å²) in [6.07, 6.45) is -1.63. The summed E-state index contributed by atoms with van der Waals surface area (Å²) in [5, 5.41) is 38.5. The molecule has 1 aliphatic carbocycles. The van der Waals surface area contributed by atoms with Crippen LogP contribution in [0.4, 0.5) is 11.8 Å². The maximum Gasteiger partial charge on any atom is 0.225 e. The van der Waals surface area contributed by atoms with Crippen molar-refractivity contribution in [2.75, 3.05) is 17.2 Å². The number of nitrogens with zero attached hydrogens (tertiary/aromatic N) is 3. The van der Waals surface area contributed by atoms with E-state index in [2.05, 4.69) is 48.7 Å². The second-order valence-electron chi connectivity index (χ2n) is 9.93. The molecule has 0 spiro atoms. The molecule has 0 amide bonds. The normalized spacial score (nSPS) is 22.2. The Balaban J connectivity index is 1.54. The van der Waals surface area contributed by atoms with Crippen molar-refractivity contribution in [1.82, 2.24) is 15.0 Å². The summed E-state index contributed by atoms with van der Waals surface area (Å²) in [5.41, 5.74) is 5.34. The van der Waals surface area contributed by atoms with Crippen molar-refractivity contribution in [2.24, 2.45) is 5.92 Å². The minimum absolute atomic E-state index is 0.0323. The summed E-state index contributed by atoms with van der Waals surface area (Å²) in [5.74, 6) is 0.560. The van der Waals surface area contributed by atoms with Crippen molar-refractivity contribution in [3.63, 3.8) is 0 Å². The minimum Gasteiger partial charge on any atom is -0.396 e. The first-order valence-electron chi connectivity index (χ1n) is 12.7. The van der Waals surface area contributed by atoms with Gasteiger partial charge in [0.1, 0.15) is 11.9 Å². The monoisotopic (exact) mass is 499 g/mol. The average Bonchev–Trinajstić information content (AvgIpc) is 3.16. The molecule has 0 radical (unpaired) electrons. The van der Waals surface area contributed by atoms with E-state index < -0.39 is 24.2 Å². The Labute approximate surface area is 216 Å². The van der Waals surface area contributed by atoms with Gasteiger partial charge in [-0.3, -0.25) is 0 Å². The van der Waals surface area contributed by atoms with E-state index in [4.69, 9.17) is 15.0 Å². The first kappa shape index (κ1) is 25.1. The van der Waals surface area contributed by atoms with Gasteiger partial charge < -0.3 is 26.0 Å². The fraction of sp³-hybridized carbons (Fsp3) is 0.345. The van der Waals surface area contributed by atoms with Crippen LogP contribution in [0.5, 0.6) is 0 Å². The van der Waals surface area contributed by atoms with Gasteiger partial charge in [-0.05, 0) is 44.9 Å². The highest BCUT2D eigenvalue weighted by molar-refractivity contribution is 5.84. The zero-order valence-corrected chi connectivity index (χ0v) is 21.3. The van der Waals surface area contributed by atoms with Crippen molar-refractivity contribution >= 4 is 22.7 Å². The second kappa shape index (κ2) is 10.4. The van der Waals surface area contributed by atoms with E-state index in [0.29, 0.717) is 23.9 Å². The first-order valence-corrected chi connectivity index (χ1v) is 12.7. The fourth-order valence-electron chi connectivity index (χ4n) is 5.01. The third-order valence-corrected chi connectivity index (χ3v) is 7.23. The summed E-state index contributed by atoms with van der Waals surface area (Å²) >= 11 is 0. The van der Waals surface area contributed by atoms with Crippen LogP contribution in [0.15, 0.2) is 60.7 Å². The third kappa shape index (κ3) is 5.13. The van der Waals surface area contributed by atoms with Crippen molar-refractivity contribution in [2.45, 2.75) is 51.5 Å². The molecule has 1 fully saturated rings. The molecule has 8 heteroatoms. The number of hydrogen-bond donors (Lipinski definition) is 5. The predicted molar refractivity (Wildman–Crippen MR) is 145 cm³/mol. The molecule has 5 atom stereocenters. The summed E-state index contributed by atoms with van der Waals surface area (Å²) < 4.78 is 0. The van der Waals surface area contributed by atoms with Gasteiger partial charge in [0.2, 0.25) is 5.95 Å². The van der Waals surface area contributed by atoms with E-state index in [-0.39, 0.29) is 12.6 Å². The number of hydrogen-bond acceptors (Lipinski definition) is 8. The fourth-order valence-corrected chi connectivity index (χ4v) is 5.01. The molecule has 0 bridgehead atoms. The molecule has 5 N–H and O–H groups in total. The van der Waals surface area contributed by atoms with E-state index in [9.17, 15) is 15.3 Å². The molecule has 1 aliphatic rings. The van der Waals surface area contributed by atoms with Crippen molar-refractivity contribution in [3.05, 3.63) is 77.5 Å². The molecular formula is C29H33N5O3. The molecule has 37 heavy (non-hydrogen) atoms. The van der Waals surface area contributed by atoms with Crippen LogP contribution in [0.2, 0.25) is 0 Å². The predicted octanol–water partition coefficient (Wildman–Crippen LogP) is 4.00. The molecule has 5 rings (SSSR count). The molecule has 192 valence electrons. The van der Waals surface area contributed by atoms with Crippen LogP contribution in [0.3, 0.4) is 0 Å². The number of anilines is 2. The molecular weight excluding hydrogens is 466 g/mol.